The number of Topliss-reactive ketones (excluding diaryl/α,β-unsaturated/α-hetero) is 2. The molecule has 0 aliphatic rings. The molecule has 0 fully saturated rings. The molecule has 0 amide bonds. The molecule has 12 nitrogen and oxygen atoms in total. The van der Waals surface area contributed by atoms with Gasteiger partial charge in [-0.05, 0) is 96.8 Å². The molecule has 0 atom stereocenters. The second kappa shape index (κ2) is 17.3. The van der Waals surface area contributed by atoms with E-state index in [0.29, 0.717) is 24.0 Å². The van der Waals surface area contributed by atoms with Crippen LogP contribution < -0.4 is 62.4 Å². The number of methoxy groups -OCH3 is 4. The molecule has 4 aromatic carbocycles. The van der Waals surface area contributed by atoms with Crippen LogP contribution in [0.25, 0.3) is 0 Å². The Morgan fingerprint density at radius 1 is 0.604 bits per heavy atom. The SMILES string of the molecule is COc1cc(CCC(=O)c2ccc(OP(=O)([O-])Oc3ccc(C(=O)CCc4cc(OC)c(O)c(OC)c4)cc3)cc2)cc(OC)c1O.[Na+]. The fraction of sp³-hybridized carbons (Fsp3) is 0.235. The number of hydrogen-bond acceptors (Lipinski definition) is 12. The number of rotatable bonds is 16. The first-order chi connectivity index (χ1) is 22.5. The van der Waals surface area contributed by atoms with E-state index in [0.717, 1.165) is 11.1 Å². The van der Waals surface area contributed by atoms with E-state index in [-0.39, 0.29) is 100.0 Å². The van der Waals surface area contributed by atoms with E-state index in [1.54, 1.807) is 24.3 Å². The average Bonchev–Trinajstić information content (AvgIpc) is 3.07. The number of phosphoric acid groups is 1. The molecule has 0 aliphatic carbocycles. The van der Waals surface area contributed by atoms with Gasteiger partial charge >= 0.3 is 37.4 Å². The monoisotopic (exact) mass is 688 g/mol. The summed E-state index contributed by atoms with van der Waals surface area (Å²) in [6.07, 6.45) is 0.973. The minimum absolute atomic E-state index is 0. The third-order valence-corrected chi connectivity index (χ3v) is 8.02. The molecule has 48 heavy (non-hydrogen) atoms. The normalized spacial score (nSPS) is 10.8. The fourth-order valence-electron chi connectivity index (χ4n) is 4.67. The maximum Gasteiger partial charge on any atom is 1.00 e. The Morgan fingerprint density at radius 3 is 1.17 bits per heavy atom. The van der Waals surface area contributed by atoms with Crippen LogP contribution in [-0.4, -0.2) is 50.2 Å². The number of phenols is 2. The van der Waals surface area contributed by atoms with Crippen LogP contribution >= 0.6 is 7.82 Å². The van der Waals surface area contributed by atoms with E-state index in [1.165, 1.54) is 77.0 Å². The summed E-state index contributed by atoms with van der Waals surface area (Å²) >= 11 is 0. The number of phenolic OH excluding ortho intramolecular Hbond substituents is 2. The van der Waals surface area contributed by atoms with Crippen molar-refractivity contribution in [1.29, 1.82) is 0 Å². The van der Waals surface area contributed by atoms with Gasteiger partial charge in [-0.25, -0.2) is 4.57 Å². The molecule has 0 saturated heterocycles. The maximum atomic E-state index is 12.7. The molecule has 2 N–H and O–H groups in total. The summed E-state index contributed by atoms with van der Waals surface area (Å²) < 4.78 is 43.3. The molecular weight excluding hydrogens is 654 g/mol. The zero-order chi connectivity index (χ0) is 34.1. The Balaban J connectivity index is 0.00000625. The van der Waals surface area contributed by atoms with Gasteiger partial charge in [0.05, 0.1) is 28.4 Å². The summed E-state index contributed by atoms with van der Waals surface area (Å²) in [5.41, 5.74) is 2.15. The average molecular weight is 689 g/mol. The molecule has 4 rings (SSSR count). The molecule has 248 valence electrons. The summed E-state index contributed by atoms with van der Waals surface area (Å²) in [4.78, 5) is 38.1. The van der Waals surface area contributed by atoms with E-state index < -0.39 is 7.82 Å². The molecule has 0 aliphatic heterocycles. The number of aryl methyl sites for hydroxylation is 2. The van der Waals surface area contributed by atoms with Gasteiger partial charge in [-0.2, -0.15) is 0 Å². The number of aromatic hydroxyl groups is 2. The van der Waals surface area contributed by atoms with Gasteiger partial charge in [-0.1, -0.05) is 0 Å². The predicted octanol–water partition coefficient (Wildman–Crippen LogP) is 2.69. The van der Waals surface area contributed by atoms with E-state index in [4.69, 9.17) is 28.0 Å². The number of carbonyl (C=O) groups is 2. The van der Waals surface area contributed by atoms with Crippen LogP contribution in [0.1, 0.15) is 44.7 Å². The number of hydrogen-bond donors (Lipinski definition) is 2. The van der Waals surface area contributed by atoms with E-state index in [1.807, 2.05) is 0 Å². The Bertz CT molecular complexity index is 1600. The van der Waals surface area contributed by atoms with Crippen molar-refractivity contribution in [3.05, 3.63) is 95.1 Å². The summed E-state index contributed by atoms with van der Waals surface area (Å²) in [7, 11) is 0.789. The summed E-state index contributed by atoms with van der Waals surface area (Å²) in [6, 6.07) is 17.6. The molecule has 0 aromatic heterocycles. The molecule has 0 heterocycles. The molecule has 0 unspecified atom stereocenters. The van der Waals surface area contributed by atoms with Gasteiger partial charge < -0.3 is 43.1 Å². The summed E-state index contributed by atoms with van der Waals surface area (Å²) in [6.45, 7) is 0. The molecule has 14 heteroatoms. The van der Waals surface area contributed by atoms with Gasteiger partial charge in [-0.3, -0.25) is 9.59 Å². The minimum atomic E-state index is -4.87. The smallest absolute Gasteiger partial charge is 0.736 e. The molecule has 4 aromatic rings. The number of carbonyl (C=O) groups excluding carboxylic acids is 2. The van der Waals surface area contributed by atoms with Crippen molar-refractivity contribution in [2.24, 2.45) is 0 Å². The second-order valence-electron chi connectivity index (χ2n) is 10.2. The van der Waals surface area contributed by atoms with Crippen molar-refractivity contribution in [2.75, 3.05) is 28.4 Å². The third-order valence-electron chi connectivity index (χ3n) is 7.15. The summed E-state index contributed by atoms with van der Waals surface area (Å²) in [5, 5.41) is 20.1. The van der Waals surface area contributed by atoms with Gasteiger partial charge in [0.15, 0.2) is 34.6 Å². The van der Waals surface area contributed by atoms with E-state index in [2.05, 4.69) is 0 Å². The van der Waals surface area contributed by atoms with Gasteiger partial charge in [0.25, 0.3) is 0 Å². The van der Waals surface area contributed by atoms with Crippen LogP contribution in [0, 0.1) is 0 Å². The van der Waals surface area contributed by atoms with E-state index >= 15 is 0 Å². The van der Waals surface area contributed by atoms with Gasteiger partial charge in [-0.15, -0.1) is 0 Å². The van der Waals surface area contributed by atoms with Gasteiger partial charge in [0, 0.05) is 24.0 Å². The van der Waals surface area contributed by atoms with Crippen LogP contribution in [0.15, 0.2) is 72.8 Å². The van der Waals surface area contributed by atoms with Crippen molar-refractivity contribution in [3.8, 4) is 46.0 Å². The molecular formula is C34H34NaO12P. The Kier molecular flexibility index (Phi) is 13.8. The quantitative estimate of drug-likeness (QED) is 0.100. The molecule has 0 radical (unpaired) electrons. The second-order valence-corrected chi connectivity index (χ2v) is 11.5. The topological polar surface area (TPSA) is 170 Å². The Morgan fingerprint density at radius 2 is 0.896 bits per heavy atom. The predicted molar refractivity (Wildman–Crippen MR) is 169 cm³/mol. The van der Waals surface area contributed by atoms with Crippen LogP contribution in [0.2, 0.25) is 0 Å². The summed E-state index contributed by atoms with van der Waals surface area (Å²) in [5.74, 6) is 0.162. The molecule has 0 spiro atoms. The first kappa shape index (κ1) is 38.3. The maximum absolute atomic E-state index is 12.7. The van der Waals surface area contributed by atoms with Crippen LogP contribution in [0.3, 0.4) is 0 Å². The van der Waals surface area contributed by atoms with Crippen LogP contribution in [0.5, 0.6) is 46.0 Å². The first-order valence-electron chi connectivity index (χ1n) is 14.3. The van der Waals surface area contributed by atoms with E-state index in [9.17, 15) is 29.3 Å². The molecule has 0 saturated carbocycles. The number of phosphoric ester groups is 1. The third kappa shape index (κ3) is 9.91. The number of benzene rings is 4. The van der Waals surface area contributed by atoms with Crippen LogP contribution in [-0.2, 0) is 17.4 Å². The zero-order valence-electron chi connectivity index (χ0n) is 27.2. The van der Waals surface area contributed by atoms with Crippen molar-refractivity contribution < 1.29 is 86.8 Å². The van der Waals surface area contributed by atoms with Gasteiger partial charge in [0.1, 0.15) is 11.5 Å². The first-order valence-corrected chi connectivity index (χ1v) is 15.8. The van der Waals surface area contributed by atoms with Crippen LogP contribution in [0.4, 0.5) is 0 Å². The van der Waals surface area contributed by atoms with Crippen molar-refractivity contribution in [1.82, 2.24) is 0 Å². The minimum Gasteiger partial charge on any atom is -0.736 e. The van der Waals surface area contributed by atoms with Crippen molar-refractivity contribution >= 4 is 19.4 Å². The van der Waals surface area contributed by atoms with Crippen molar-refractivity contribution in [2.45, 2.75) is 25.7 Å². The van der Waals surface area contributed by atoms with Gasteiger partial charge in [0.2, 0.25) is 11.5 Å². The number of ether oxygens (including phenoxy) is 4. The number of ketones is 2. The fourth-order valence-corrected chi connectivity index (χ4v) is 5.47. The zero-order valence-corrected chi connectivity index (χ0v) is 30.1. The van der Waals surface area contributed by atoms with Crippen molar-refractivity contribution in [3.63, 3.8) is 0 Å². The Hall–Kier alpha value is -4.19. The standard InChI is InChI=1S/C34H35O12P.Na/c1-41-29-17-21(18-30(42-2)33(29)37)5-15-27(35)23-7-11-25(12-8-23)45-47(39,40)46-26-13-9-24(10-14-26)28(36)16-6-22-19-31(43-3)34(38)32(20-22)44-4;/h7-14,17-20,37-38H,5-6,15-16H2,1-4H3,(H,39,40);/q;+1/p-1. The largest absolute Gasteiger partial charge is 1.00 e. The molecule has 0 bridgehead atoms. The Labute approximate surface area is 300 Å².